The lowest BCUT2D eigenvalue weighted by atomic mass is 10.0. The van der Waals surface area contributed by atoms with Gasteiger partial charge >= 0.3 is 0 Å². The Morgan fingerprint density at radius 1 is 1.41 bits per heavy atom. The highest BCUT2D eigenvalue weighted by Crippen LogP contribution is 2.36. The number of nitrogens with one attached hydrogen (secondary N) is 1. The van der Waals surface area contributed by atoms with Gasteiger partial charge in [-0.25, -0.2) is 8.42 Å². The second-order valence-electron chi connectivity index (χ2n) is 5.78. The molecular weight excluding hydrogens is 300 g/mol. The van der Waals surface area contributed by atoms with E-state index in [1.54, 1.807) is 12.1 Å². The highest BCUT2D eigenvalue weighted by Gasteiger charge is 2.35. The average Bonchev–Trinajstić information content (AvgIpc) is 3.29. The fourth-order valence-electron chi connectivity index (χ4n) is 2.77. The molecule has 0 bridgehead atoms. The first kappa shape index (κ1) is 14.9. The third-order valence-corrected chi connectivity index (χ3v) is 5.03. The van der Waals surface area contributed by atoms with E-state index in [1.165, 1.54) is 0 Å². The molecule has 0 saturated heterocycles. The molecule has 1 aliphatic carbocycles. The molecule has 5 nitrogen and oxygen atoms in total. The number of sulfonamides is 1. The maximum Gasteiger partial charge on any atom is 0.244 e. The summed E-state index contributed by atoms with van der Waals surface area (Å²) in [5, 5.41) is 0. The second kappa shape index (κ2) is 5.65. The molecule has 116 valence electrons. The molecule has 0 unspecified atom stereocenters. The molecule has 1 heterocycles. The molecule has 22 heavy (non-hydrogen) atoms. The molecule has 0 aromatic heterocycles. The number of nitrogens with zero attached hydrogens (tertiary/aromatic N) is 1. The first-order valence-corrected chi connectivity index (χ1v) is 9.03. The number of amides is 1. The molecule has 0 atom stereocenters. The van der Waals surface area contributed by atoms with E-state index in [0.717, 1.165) is 43.5 Å². The van der Waals surface area contributed by atoms with Gasteiger partial charge in [0, 0.05) is 23.8 Å². The zero-order valence-corrected chi connectivity index (χ0v) is 13.0. The lowest BCUT2D eigenvalue weighted by molar-refractivity contribution is -0.119. The van der Waals surface area contributed by atoms with Crippen molar-refractivity contribution in [3.05, 3.63) is 23.8 Å². The predicted octanol–water partition coefficient (Wildman–Crippen LogP) is 1.75. The van der Waals surface area contributed by atoms with Crippen LogP contribution in [0.25, 0.3) is 0 Å². The standard InChI is InChI=1S/C16H18N2O3S/c1-2-10-22(20,21)17-14-7-8-15-13(11-14)4-3-9-18(15)16(19)12-5-6-12/h1,7-8,11-12,17H,3-6,9-10H2. The molecule has 1 aromatic rings. The fraction of sp³-hybridized carbons (Fsp3) is 0.438. The van der Waals surface area contributed by atoms with Crippen molar-refractivity contribution in [2.75, 3.05) is 21.9 Å². The first-order chi connectivity index (χ1) is 10.5. The number of benzene rings is 1. The summed E-state index contributed by atoms with van der Waals surface area (Å²) in [5.41, 5.74) is 2.40. The maximum atomic E-state index is 12.3. The van der Waals surface area contributed by atoms with Crippen molar-refractivity contribution < 1.29 is 13.2 Å². The van der Waals surface area contributed by atoms with Crippen LogP contribution < -0.4 is 9.62 Å². The van der Waals surface area contributed by atoms with E-state index in [4.69, 9.17) is 6.42 Å². The smallest absolute Gasteiger partial charge is 0.244 e. The van der Waals surface area contributed by atoms with E-state index >= 15 is 0 Å². The van der Waals surface area contributed by atoms with Crippen LogP contribution in [0.5, 0.6) is 0 Å². The van der Waals surface area contributed by atoms with Gasteiger partial charge in [0.15, 0.2) is 0 Å². The normalized spacial score (nSPS) is 17.5. The Morgan fingerprint density at radius 3 is 2.86 bits per heavy atom. The Morgan fingerprint density at radius 2 is 2.18 bits per heavy atom. The van der Waals surface area contributed by atoms with E-state index in [-0.39, 0.29) is 17.6 Å². The van der Waals surface area contributed by atoms with Crippen LogP contribution in [0.15, 0.2) is 18.2 Å². The predicted molar refractivity (Wildman–Crippen MR) is 86.1 cm³/mol. The van der Waals surface area contributed by atoms with Gasteiger partial charge in [0.25, 0.3) is 0 Å². The van der Waals surface area contributed by atoms with Crippen molar-refractivity contribution in [1.29, 1.82) is 0 Å². The molecule has 1 amide bonds. The lowest BCUT2D eigenvalue weighted by Crippen LogP contribution is -2.36. The minimum atomic E-state index is -3.51. The monoisotopic (exact) mass is 318 g/mol. The van der Waals surface area contributed by atoms with E-state index in [1.807, 2.05) is 11.0 Å². The Bertz CT molecular complexity index is 745. The minimum Gasteiger partial charge on any atom is -0.312 e. The Labute approximate surface area is 130 Å². The molecule has 1 aromatic carbocycles. The van der Waals surface area contributed by atoms with E-state index < -0.39 is 10.0 Å². The van der Waals surface area contributed by atoms with Crippen molar-refractivity contribution in [3.63, 3.8) is 0 Å². The zero-order chi connectivity index (χ0) is 15.7. The molecule has 0 spiro atoms. The summed E-state index contributed by atoms with van der Waals surface area (Å²) in [5.74, 6) is 2.15. The third kappa shape index (κ3) is 3.09. The topological polar surface area (TPSA) is 66.5 Å². The van der Waals surface area contributed by atoms with Gasteiger partial charge < -0.3 is 4.90 Å². The van der Waals surface area contributed by atoms with Crippen molar-refractivity contribution >= 4 is 27.3 Å². The molecule has 6 heteroatoms. The second-order valence-corrected chi connectivity index (χ2v) is 7.50. The average molecular weight is 318 g/mol. The Hall–Kier alpha value is -2.00. The van der Waals surface area contributed by atoms with Crippen LogP contribution in [0, 0.1) is 18.3 Å². The van der Waals surface area contributed by atoms with Gasteiger partial charge in [0.1, 0.15) is 5.75 Å². The van der Waals surface area contributed by atoms with Gasteiger partial charge in [-0.15, -0.1) is 6.42 Å². The van der Waals surface area contributed by atoms with Crippen LogP contribution in [-0.2, 0) is 21.2 Å². The number of rotatable bonds is 4. The maximum absolute atomic E-state index is 12.3. The van der Waals surface area contributed by atoms with E-state index in [2.05, 4.69) is 10.6 Å². The van der Waals surface area contributed by atoms with Crippen LogP contribution >= 0.6 is 0 Å². The number of terminal acetylenes is 1. The highest BCUT2D eigenvalue weighted by atomic mass is 32.2. The summed E-state index contributed by atoms with van der Waals surface area (Å²) in [4.78, 5) is 14.2. The number of hydrogen-bond donors (Lipinski definition) is 1. The van der Waals surface area contributed by atoms with Gasteiger partial charge in [-0.2, -0.15) is 0 Å². The largest absolute Gasteiger partial charge is 0.312 e. The van der Waals surface area contributed by atoms with Gasteiger partial charge in [-0.05, 0) is 49.4 Å². The van der Waals surface area contributed by atoms with Crippen LogP contribution in [0.2, 0.25) is 0 Å². The first-order valence-electron chi connectivity index (χ1n) is 7.38. The summed E-state index contributed by atoms with van der Waals surface area (Å²) in [7, 11) is -3.51. The summed E-state index contributed by atoms with van der Waals surface area (Å²) >= 11 is 0. The minimum absolute atomic E-state index is 0.180. The summed E-state index contributed by atoms with van der Waals surface area (Å²) in [6, 6.07) is 5.31. The molecular formula is C16H18N2O3S. The highest BCUT2D eigenvalue weighted by molar-refractivity contribution is 7.92. The molecule has 0 radical (unpaired) electrons. The summed E-state index contributed by atoms with van der Waals surface area (Å²) in [6.45, 7) is 0.741. The van der Waals surface area contributed by atoms with Crippen LogP contribution in [0.3, 0.4) is 0 Å². The van der Waals surface area contributed by atoms with Gasteiger partial charge in [0.05, 0.1) is 0 Å². The molecule has 1 fully saturated rings. The Balaban J connectivity index is 1.84. The zero-order valence-electron chi connectivity index (χ0n) is 12.2. The number of aryl methyl sites for hydroxylation is 1. The molecule has 1 N–H and O–H groups in total. The molecule has 2 aliphatic rings. The van der Waals surface area contributed by atoms with Crippen LogP contribution in [0.1, 0.15) is 24.8 Å². The van der Waals surface area contributed by atoms with Crippen molar-refractivity contribution in [1.82, 2.24) is 0 Å². The van der Waals surface area contributed by atoms with Crippen molar-refractivity contribution in [2.24, 2.45) is 5.92 Å². The van der Waals surface area contributed by atoms with Gasteiger partial charge in [-0.3, -0.25) is 9.52 Å². The summed E-state index contributed by atoms with van der Waals surface area (Å²) in [6.07, 6.45) is 8.75. The van der Waals surface area contributed by atoms with Gasteiger partial charge in [-0.1, -0.05) is 5.92 Å². The van der Waals surface area contributed by atoms with Crippen LogP contribution in [-0.4, -0.2) is 26.6 Å². The molecule has 1 saturated carbocycles. The van der Waals surface area contributed by atoms with E-state index in [9.17, 15) is 13.2 Å². The quantitative estimate of drug-likeness (QED) is 0.860. The third-order valence-electron chi connectivity index (χ3n) is 3.94. The van der Waals surface area contributed by atoms with Crippen LogP contribution in [0.4, 0.5) is 11.4 Å². The number of carbonyl (C=O) groups is 1. The summed E-state index contributed by atoms with van der Waals surface area (Å²) < 4.78 is 25.9. The number of anilines is 2. The van der Waals surface area contributed by atoms with Crippen molar-refractivity contribution in [3.8, 4) is 12.3 Å². The fourth-order valence-corrected chi connectivity index (χ4v) is 3.54. The lowest BCUT2D eigenvalue weighted by Gasteiger charge is -2.30. The number of carbonyl (C=O) groups excluding carboxylic acids is 1. The number of hydrogen-bond acceptors (Lipinski definition) is 3. The van der Waals surface area contributed by atoms with Gasteiger partial charge in [0.2, 0.25) is 15.9 Å². The van der Waals surface area contributed by atoms with E-state index in [0.29, 0.717) is 5.69 Å². The molecule has 3 rings (SSSR count). The SMILES string of the molecule is C#CCS(=O)(=O)Nc1ccc2c(c1)CCCN2C(=O)C1CC1. The molecule has 1 aliphatic heterocycles. The Kier molecular flexibility index (Phi) is 3.83. The van der Waals surface area contributed by atoms with Crippen molar-refractivity contribution in [2.45, 2.75) is 25.7 Å². The number of fused-ring (bicyclic) bond motifs is 1.